The average molecular weight is 455 g/mol. The molecule has 1 aliphatic rings. The Kier molecular flexibility index (Phi) is 6.11. The van der Waals surface area contributed by atoms with Gasteiger partial charge in [0.2, 0.25) is 0 Å². The number of aryl methyl sites for hydroxylation is 2. The molecule has 2 heterocycles. The SMILES string of the molecule is Cc1oc(C)c(C(=O)N2CCCN(C(=O)Nc3ccc(Cl)cc3)CC2)c1Br. The van der Waals surface area contributed by atoms with Crippen LogP contribution in [0.3, 0.4) is 0 Å². The van der Waals surface area contributed by atoms with E-state index in [1.165, 1.54) is 0 Å². The Balaban J connectivity index is 1.63. The van der Waals surface area contributed by atoms with Crippen LogP contribution in [0, 0.1) is 13.8 Å². The molecule has 0 spiro atoms. The molecule has 0 saturated carbocycles. The van der Waals surface area contributed by atoms with Crippen LogP contribution in [0.1, 0.15) is 28.3 Å². The third-order valence-electron chi connectivity index (χ3n) is 4.57. The zero-order chi connectivity index (χ0) is 19.6. The van der Waals surface area contributed by atoms with Crippen LogP contribution in [-0.4, -0.2) is 47.9 Å². The third-order valence-corrected chi connectivity index (χ3v) is 5.77. The summed E-state index contributed by atoms with van der Waals surface area (Å²) in [6.07, 6.45) is 0.716. The highest BCUT2D eigenvalue weighted by atomic mass is 79.9. The van der Waals surface area contributed by atoms with Gasteiger partial charge in [0.15, 0.2) is 0 Å². The minimum absolute atomic E-state index is 0.0730. The average Bonchev–Trinajstić information content (AvgIpc) is 2.82. The fourth-order valence-electron chi connectivity index (χ4n) is 3.12. The van der Waals surface area contributed by atoms with Crippen LogP contribution < -0.4 is 5.32 Å². The Labute approximate surface area is 171 Å². The molecule has 6 nitrogen and oxygen atoms in total. The molecule has 27 heavy (non-hydrogen) atoms. The largest absolute Gasteiger partial charge is 0.465 e. The number of furan rings is 1. The predicted molar refractivity (Wildman–Crippen MR) is 108 cm³/mol. The van der Waals surface area contributed by atoms with Gasteiger partial charge < -0.3 is 19.5 Å². The minimum atomic E-state index is -0.178. The number of benzene rings is 1. The summed E-state index contributed by atoms with van der Waals surface area (Å²) in [4.78, 5) is 28.9. The van der Waals surface area contributed by atoms with Crippen LogP contribution in [0.15, 0.2) is 33.2 Å². The van der Waals surface area contributed by atoms with E-state index in [2.05, 4.69) is 21.2 Å². The monoisotopic (exact) mass is 453 g/mol. The summed E-state index contributed by atoms with van der Waals surface area (Å²) in [5, 5.41) is 3.48. The summed E-state index contributed by atoms with van der Waals surface area (Å²) in [5.74, 6) is 1.22. The number of carbonyl (C=O) groups excluding carboxylic acids is 2. The molecule has 1 N–H and O–H groups in total. The van der Waals surface area contributed by atoms with E-state index in [9.17, 15) is 9.59 Å². The number of nitrogens with zero attached hydrogens (tertiary/aromatic N) is 2. The van der Waals surface area contributed by atoms with Gasteiger partial charge in [-0.25, -0.2) is 4.79 Å². The van der Waals surface area contributed by atoms with Crippen molar-refractivity contribution in [1.29, 1.82) is 0 Å². The molecule has 1 aliphatic heterocycles. The Morgan fingerprint density at radius 3 is 2.30 bits per heavy atom. The molecule has 144 valence electrons. The normalized spacial score (nSPS) is 14.8. The van der Waals surface area contributed by atoms with Gasteiger partial charge in [-0.1, -0.05) is 11.6 Å². The second-order valence-corrected chi connectivity index (χ2v) is 7.70. The van der Waals surface area contributed by atoms with Gasteiger partial charge in [0, 0.05) is 36.9 Å². The minimum Gasteiger partial charge on any atom is -0.465 e. The van der Waals surface area contributed by atoms with Gasteiger partial charge in [0.25, 0.3) is 5.91 Å². The third kappa shape index (κ3) is 4.47. The molecule has 3 amide bonds. The van der Waals surface area contributed by atoms with Gasteiger partial charge in [0.05, 0.1) is 10.0 Å². The number of nitrogens with one attached hydrogen (secondary N) is 1. The highest BCUT2D eigenvalue weighted by Gasteiger charge is 2.27. The number of carbonyl (C=O) groups is 2. The van der Waals surface area contributed by atoms with E-state index in [-0.39, 0.29) is 11.9 Å². The van der Waals surface area contributed by atoms with Crippen LogP contribution >= 0.6 is 27.5 Å². The highest BCUT2D eigenvalue weighted by molar-refractivity contribution is 9.10. The number of hydrogen-bond donors (Lipinski definition) is 1. The van der Waals surface area contributed by atoms with Crippen molar-refractivity contribution < 1.29 is 14.0 Å². The number of urea groups is 1. The molecule has 1 saturated heterocycles. The zero-order valence-corrected chi connectivity index (χ0v) is 17.6. The van der Waals surface area contributed by atoms with Crippen molar-refractivity contribution in [2.24, 2.45) is 0 Å². The summed E-state index contributed by atoms with van der Waals surface area (Å²) in [6.45, 7) is 5.74. The number of amides is 3. The van der Waals surface area contributed by atoms with Crippen molar-refractivity contribution in [1.82, 2.24) is 9.80 Å². The maximum atomic E-state index is 12.9. The van der Waals surface area contributed by atoms with Crippen molar-refractivity contribution >= 4 is 45.2 Å². The quantitative estimate of drug-likeness (QED) is 0.716. The van der Waals surface area contributed by atoms with Gasteiger partial charge in [-0.2, -0.15) is 0 Å². The van der Waals surface area contributed by atoms with Gasteiger partial charge >= 0.3 is 6.03 Å². The van der Waals surface area contributed by atoms with E-state index >= 15 is 0 Å². The second kappa shape index (κ2) is 8.35. The summed E-state index contributed by atoms with van der Waals surface area (Å²) < 4.78 is 6.24. The first-order valence-electron chi connectivity index (χ1n) is 8.73. The lowest BCUT2D eigenvalue weighted by molar-refractivity contribution is 0.0760. The van der Waals surface area contributed by atoms with Crippen LogP contribution in [0.5, 0.6) is 0 Å². The molecule has 3 rings (SSSR count). The van der Waals surface area contributed by atoms with Crippen molar-refractivity contribution in [2.45, 2.75) is 20.3 Å². The first-order chi connectivity index (χ1) is 12.9. The van der Waals surface area contributed by atoms with Gasteiger partial charge in [-0.3, -0.25) is 4.79 Å². The van der Waals surface area contributed by atoms with E-state index in [1.807, 2.05) is 6.92 Å². The fourth-order valence-corrected chi connectivity index (χ4v) is 3.77. The van der Waals surface area contributed by atoms with Crippen LogP contribution in [-0.2, 0) is 0 Å². The molecule has 0 radical (unpaired) electrons. The first-order valence-corrected chi connectivity index (χ1v) is 9.90. The molecule has 8 heteroatoms. The molecule has 1 aromatic heterocycles. The van der Waals surface area contributed by atoms with Crippen LogP contribution in [0.25, 0.3) is 0 Å². The second-order valence-electron chi connectivity index (χ2n) is 6.47. The molecule has 1 fully saturated rings. The van der Waals surface area contributed by atoms with E-state index in [1.54, 1.807) is 41.0 Å². The van der Waals surface area contributed by atoms with Crippen molar-refractivity contribution in [2.75, 3.05) is 31.5 Å². The molecule has 2 aromatic rings. The lowest BCUT2D eigenvalue weighted by Gasteiger charge is -2.22. The van der Waals surface area contributed by atoms with Gasteiger partial charge in [0.1, 0.15) is 11.5 Å². The lowest BCUT2D eigenvalue weighted by atomic mass is 10.2. The molecular formula is C19H21BrClN3O3. The van der Waals surface area contributed by atoms with Crippen LogP contribution in [0.2, 0.25) is 5.02 Å². The molecule has 1 aromatic carbocycles. The number of anilines is 1. The molecular weight excluding hydrogens is 434 g/mol. The lowest BCUT2D eigenvalue weighted by Crippen LogP contribution is -2.39. The summed E-state index contributed by atoms with van der Waals surface area (Å²) in [5.41, 5.74) is 1.25. The maximum absolute atomic E-state index is 12.9. The van der Waals surface area contributed by atoms with Gasteiger partial charge in [-0.05, 0) is 60.5 Å². The predicted octanol–water partition coefficient (Wildman–Crippen LogP) is 4.69. The van der Waals surface area contributed by atoms with E-state index in [4.69, 9.17) is 16.0 Å². The highest BCUT2D eigenvalue weighted by Crippen LogP contribution is 2.28. The van der Waals surface area contributed by atoms with Crippen molar-refractivity contribution in [3.05, 3.63) is 50.8 Å². The number of halogens is 2. The van der Waals surface area contributed by atoms with E-state index < -0.39 is 0 Å². The Morgan fingerprint density at radius 1 is 1.04 bits per heavy atom. The van der Waals surface area contributed by atoms with Crippen LogP contribution in [0.4, 0.5) is 10.5 Å². The zero-order valence-electron chi connectivity index (χ0n) is 15.2. The van der Waals surface area contributed by atoms with Gasteiger partial charge in [-0.15, -0.1) is 0 Å². The molecule has 0 bridgehead atoms. The molecule has 0 aliphatic carbocycles. The summed E-state index contributed by atoms with van der Waals surface area (Å²) >= 11 is 9.31. The topological polar surface area (TPSA) is 65.8 Å². The number of hydrogen-bond acceptors (Lipinski definition) is 3. The Bertz CT molecular complexity index is 851. The van der Waals surface area contributed by atoms with E-state index in [0.29, 0.717) is 64.9 Å². The standard InChI is InChI=1S/C19H21BrClN3O3/c1-12-16(17(20)13(2)27-12)18(25)23-8-3-9-24(11-10-23)19(26)22-15-6-4-14(21)5-7-15/h4-7H,3,8-11H2,1-2H3,(H,22,26). The number of rotatable bonds is 2. The Morgan fingerprint density at radius 2 is 1.67 bits per heavy atom. The molecule has 0 unspecified atom stereocenters. The smallest absolute Gasteiger partial charge is 0.321 e. The molecule has 0 atom stereocenters. The first kappa shape index (κ1) is 19.8. The fraction of sp³-hybridized carbons (Fsp3) is 0.368. The summed E-state index contributed by atoms with van der Waals surface area (Å²) in [7, 11) is 0. The van der Waals surface area contributed by atoms with Crippen molar-refractivity contribution in [3.8, 4) is 0 Å². The van der Waals surface area contributed by atoms with E-state index in [0.717, 1.165) is 0 Å². The Hall–Kier alpha value is -1.99. The summed E-state index contributed by atoms with van der Waals surface area (Å²) in [6, 6.07) is 6.80. The maximum Gasteiger partial charge on any atom is 0.321 e. The van der Waals surface area contributed by atoms with Crippen molar-refractivity contribution in [3.63, 3.8) is 0 Å².